The van der Waals surface area contributed by atoms with E-state index in [4.69, 9.17) is 7.85 Å². The number of hydrogen-bond acceptors (Lipinski definition) is 0. The first-order valence-electron chi connectivity index (χ1n) is 51.8. The van der Waals surface area contributed by atoms with Crippen molar-refractivity contribution in [1.29, 1.82) is 0 Å². The van der Waals surface area contributed by atoms with Crippen LogP contribution >= 0.6 is 0 Å². The van der Waals surface area contributed by atoms with E-state index in [-0.39, 0.29) is 0 Å². The second-order valence-electron chi connectivity index (χ2n) is 58.3. The highest BCUT2D eigenvalue weighted by Gasteiger charge is 3.04. The molecule has 0 aliphatic heterocycles. The van der Waals surface area contributed by atoms with E-state index in [2.05, 4.69) is 20.8 Å². The van der Waals surface area contributed by atoms with Crippen LogP contribution in [0.5, 0.6) is 0 Å². The highest BCUT2D eigenvalue weighted by molar-refractivity contribution is 6.08. The minimum absolute atomic E-state index is 0.980. The van der Waals surface area contributed by atoms with Gasteiger partial charge in [-0.15, -0.1) is 0 Å². The van der Waals surface area contributed by atoms with E-state index in [1.54, 1.807) is 25.7 Å². The fourth-order valence-corrected chi connectivity index (χ4v) is 66.9. The molecule has 0 aromatic rings. The zero-order chi connectivity index (χ0) is 63.0. The molecule has 94 atom stereocenters. The molecule has 534 valence electrons. The van der Waals surface area contributed by atoms with Crippen LogP contribution in [-0.4, -0.2) is 7.85 Å². The van der Waals surface area contributed by atoms with Gasteiger partial charge in [-0.2, -0.15) is 0 Å². The minimum atomic E-state index is 0.980. The normalized spacial score (nSPS) is 99.9. The van der Waals surface area contributed by atoms with Gasteiger partial charge in [0.25, 0.3) is 0 Å². The van der Waals surface area contributed by atoms with Gasteiger partial charge in [0.2, 0.25) is 0 Å². The number of hydrogen-bond donors (Lipinski definition) is 0. The van der Waals surface area contributed by atoms with Gasteiger partial charge < -0.3 is 0 Å². The summed E-state index contributed by atoms with van der Waals surface area (Å²) in [5.41, 5.74) is 0. The van der Waals surface area contributed by atoms with Crippen LogP contribution in [0.1, 0.15) is 46.5 Å². The molecular weight excluding hydrogens is 1260 g/mol. The molecule has 0 nitrogen and oxygen atoms in total. The van der Waals surface area contributed by atoms with Gasteiger partial charge in [-0.3, -0.25) is 0 Å². The Kier molecular flexibility index (Phi) is 6.11. The summed E-state index contributed by atoms with van der Waals surface area (Å²) >= 11 is 0. The van der Waals surface area contributed by atoms with E-state index < -0.39 is 0 Å². The summed E-state index contributed by atoms with van der Waals surface area (Å²) in [4.78, 5) is 0. The first-order valence-corrected chi connectivity index (χ1v) is 51.8. The summed E-state index contributed by atoms with van der Waals surface area (Å²) in [7, 11) is 7.10. The maximum absolute atomic E-state index is 7.10. The molecule has 2 radical (unpaired) electrons. The summed E-state index contributed by atoms with van der Waals surface area (Å²) in [6.45, 7) is 8.08. The van der Waals surface area contributed by atoms with E-state index >= 15 is 0 Å². The molecule has 2 bridgehead atoms. The molecule has 48 saturated carbocycles. The minimum Gasteiger partial charge on any atom is -0.0853 e. The summed E-state index contributed by atoms with van der Waals surface area (Å²) in [6, 6.07) is 0. The Morgan fingerprint density at radius 2 is 0.324 bits per heavy atom. The van der Waals surface area contributed by atoms with Gasteiger partial charge in [-0.1, -0.05) is 27.1 Å². The maximum atomic E-state index is 7.10. The summed E-state index contributed by atoms with van der Waals surface area (Å²) < 4.78 is 0. The molecule has 0 N–H and O–H groups in total. The Bertz CT molecular complexity index is 4800. The number of fused-ring (bicyclic) bond motifs is 126. The van der Waals surface area contributed by atoms with Crippen LogP contribution in [-0.2, 0) is 0 Å². The molecule has 48 aliphatic rings. The zero-order valence-corrected chi connectivity index (χ0v) is 62.5. The molecule has 105 heavy (non-hydrogen) atoms. The molecule has 0 saturated heterocycles. The topological polar surface area (TPSA) is 0 Å². The molecule has 94 unspecified atom stereocenters. The lowest BCUT2D eigenvalue weighted by Crippen LogP contribution is -2.99. The van der Waals surface area contributed by atoms with Crippen molar-refractivity contribution < 1.29 is 0 Å². The van der Waals surface area contributed by atoms with E-state index in [1.807, 2.05) is 0 Å². The molecule has 0 amide bonds. The Labute approximate surface area is 624 Å². The van der Waals surface area contributed by atoms with E-state index in [0.717, 1.165) is 47.7 Å². The average molecular weight is 1380 g/mol. The Morgan fingerprint density at radius 3 is 0.562 bits per heavy atom. The fourth-order valence-electron chi connectivity index (χ4n) is 66.9. The van der Waals surface area contributed by atoms with Crippen LogP contribution in [0.4, 0.5) is 0 Å². The molecule has 0 aromatic carbocycles. The van der Waals surface area contributed by atoms with E-state index in [1.165, 1.54) is 527 Å². The lowest BCUT2D eigenvalue weighted by Gasteiger charge is -3.02. The van der Waals surface area contributed by atoms with Crippen molar-refractivity contribution in [1.82, 2.24) is 0 Å². The van der Waals surface area contributed by atoms with Crippen molar-refractivity contribution >= 4 is 7.85 Å². The Morgan fingerprint density at radius 1 is 0.152 bits per heavy atom. The van der Waals surface area contributed by atoms with Crippen LogP contribution in [0, 0.1) is 568 Å². The quantitative estimate of drug-likeness (QED) is 0.191. The summed E-state index contributed by atoms with van der Waals surface area (Å²) in [5, 5.41) is 0. The predicted octanol–water partition coefficient (Wildman–Crippen LogP) is 15.0. The molecule has 0 heterocycles. The van der Waals surface area contributed by atoms with Crippen LogP contribution in [0.3, 0.4) is 0 Å². The molecular formula is C104H115B. The van der Waals surface area contributed by atoms with Crippen LogP contribution < -0.4 is 0 Å². The van der Waals surface area contributed by atoms with Crippen molar-refractivity contribution in [2.45, 2.75) is 52.8 Å². The van der Waals surface area contributed by atoms with Crippen molar-refractivity contribution in [3.8, 4) is 0 Å². The monoisotopic (exact) mass is 1370 g/mol. The SMILES string of the molecule is [B]CC1C(C2CC3C2C2C3C3C2C2C3C3C2C2C3C3C4C5C6C7C8C(C)C(C)C8C7C6C5C4C23)C2C1C1C2C2C1C1C2C2C1C1C2C2C1C1C2C2C1C1C2C2C1C1C2C2C1C1C2C2C1C1C3C4C5C6C7C8C9C%10C%11C%12C%13C%14C%15C%16C%17C%18C%19CC(CC(C)C%18C%17C%16C%15C%14C%13C%12C%11C%10C9C8C7C6C5C4C3C21)C%19. The third-order valence-corrected chi connectivity index (χ3v) is 65.4. The second kappa shape index (κ2) is 12.9. The van der Waals surface area contributed by atoms with Crippen LogP contribution in [0.15, 0.2) is 0 Å². The van der Waals surface area contributed by atoms with Crippen molar-refractivity contribution in [2.75, 3.05) is 0 Å². The van der Waals surface area contributed by atoms with E-state index in [9.17, 15) is 0 Å². The molecule has 1 heteroatoms. The first kappa shape index (κ1) is 49.9. The average Bonchev–Trinajstić information content (AvgIpc) is 0.711. The van der Waals surface area contributed by atoms with Crippen molar-refractivity contribution in [3.05, 3.63) is 0 Å². The van der Waals surface area contributed by atoms with Gasteiger partial charge in [0, 0.05) is 0 Å². The smallest absolute Gasteiger partial charge is 0.0657 e. The van der Waals surface area contributed by atoms with Gasteiger partial charge in [-0.25, -0.2) is 0 Å². The third-order valence-electron chi connectivity index (χ3n) is 65.4. The molecule has 0 aromatic heterocycles. The summed E-state index contributed by atoms with van der Waals surface area (Å²) in [6.07, 6.45) is 7.82. The molecule has 48 rings (SSSR count). The van der Waals surface area contributed by atoms with E-state index in [0.29, 0.717) is 0 Å². The Hall–Kier alpha value is 0.0649. The predicted molar refractivity (Wildman–Crippen MR) is 381 cm³/mol. The fraction of sp³-hybridized carbons (Fsp3) is 1.00. The van der Waals surface area contributed by atoms with Crippen LogP contribution in [0.25, 0.3) is 0 Å². The van der Waals surface area contributed by atoms with Crippen LogP contribution in [0.2, 0.25) is 6.32 Å². The van der Waals surface area contributed by atoms with Crippen molar-refractivity contribution in [3.63, 3.8) is 0 Å². The van der Waals surface area contributed by atoms with Crippen molar-refractivity contribution in [2.24, 2.45) is 568 Å². The van der Waals surface area contributed by atoms with Gasteiger partial charge in [0.15, 0.2) is 0 Å². The highest BCUT2D eigenvalue weighted by atomic mass is 15.1. The number of rotatable bonds is 2. The van der Waals surface area contributed by atoms with Gasteiger partial charge in [0.05, 0.1) is 7.85 Å². The standard InChI is InChI=1S/C104H115B/c1-9-4-12-5-13(6-12)20-17(9)25-28(20)36-33(25)41-44(36)52-49(41)57-60(52)65-64(57)68-69(65)73-72(68)76-77(73)81-80(76)84-85(81)89-88(84)92-93(89)97-96(92)100-101(97)103-99-95-91-87-83-79-75-71-67-63-56-48-40-32-24-16(8-105)22(30(24)38(32)46(40)54(48)62(56)66(63)70(67)74(71)78(75)82(79)86(83)90(87)94(91)98(95)102(99)104(100)103)14-7-15-21(14)29-23(15)31-37(29)45-39(31)47-53(45)61-55(47)58-50-42-34-26-18-10(2)11(3)19(18)27(26)35(34)43(42)51(50)59(58)61/h9-104H,4-8H2,1-3H3. The zero-order valence-electron chi connectivity index (χ0n) is 62.5. The first-order chi connectivity index (χ1) is 52.1. The lowest BCUT2D eigenvalue weighted by atomic mass is 9.02. The largest absolute Gasteiger partial charge is 0.0853 e. The third kappa shape index (κ3) is 3.34. The summed E-state index contributed by atoms with van der Waals surface area (Å²) in [5.74, 6) is 123. The second-order valence-corrected chi connectivity index (χ2v) is 58.3. The van der Waals surface area contributed by atoms with Gasteiger partial charge in [-0.05, 0) is 594 Å². The lowest BCUT2D eigenvalue weighted by molar-refractivity contribution is -0.557. The molecule has 48 aliphatic carbocycles. The van der Waals surface area contributed by atoms with Gasteiger partial charge in [0.1, 0.15) is 0 Å². The Balaban J connectivity index is 0.268. The molecule has 48 fully saturated rings. The molecule has 0 spiro atoms. The van der Waals surface area contributed by atoms with Gasteiger partial charge >= 0.3 is 0 Å². The maximum Gasteiger partial charge on any atom is 0.0657 e. The highest BCUT2D eigenvalue weighted by Crippen LogP contribution is 3.07.